The molecular weight excluding hydrogens is 320 g/mol. The first-order chi connectivity index (χ1) is 12.1. The van der Waals surface area contributed by atoms with Gasteiger partial charge in [-0.15, -0.1) is 0 Å². The predicted octanol–water partition coefficient (Wildman–Crippen LogP) is 2.04. The Balaban J connectivity index is 1.56. The van der Waals surface area contributed by atoms with Crippen molar-refractivity contribution in [2.45, 2.75) is 51.2 Å². The first-order valence-corrected chi connectivity index (χ1v) is 8.79. The van der Waals surface area contributed by atoms with E-state index in [1.54, 1.807) is 21.8 Å². The van der Waals surface area contributed by atoms with Crippen LogP contribution >= 0.6 is 0 Å². The molecule has 25 heavy (non-hydrogen) atoms. The van der Waals surface area contributed by atoms with Crippen molar-refractivity contribution in [3.05, 3.63) is 41.6 Å². The summed E-state index contributed by atoms with van der Waals surface area (Å²) in [7, 11) is 0. The SMILES string of the molecule is Cc1ccoc1C(=O)N1Cc2ccnn2[C@H](C(=O)NC2CCCC2)C1. The van der Waals surface area contributed by atoms with Gasteiger partial charge in [-0.1, -0.05) is 12.8 Å². The van der Waals surface area contributed by atoms with Gasteiger partial charge in [0.05, 0.1) is 25.0 Å². The summed E-state index contributed by atoms with van der Waals surface area (Å²) >= 11 is 0. The van der Waals surface area contributed by atoms with E-state index in [0.717, 1.165) is 36.9 Å². The molecule has 2 aliphatic rings. The molecule has 1 saturated carbocycles. The van der Waals surface area contributed by atoms with Gasteiger partial charge in [-0.25, -0.2) is 0 Å². The van der Waals surface area contributed by atoms with Gasteiger partial charge < -0.3 is 14.6 Å². The smallest absolute Gasteiger partial charge is 0.290 e. The number of hydrogen-bond acceptors (Lipinski definition) is 4. The van der Waals surface area contributed by atoms with Crippen LogP contribution in [0.1, 0.15) is 53.5 Å². The molecule has 1 atom stereocenters. The maximum Gasteiger partial charge on any atom is 0.290 e. The van der Waals surface area contributed by atoms with Crippen LogP contribution in [-0.4, -0.2) is 39.1 Å². The lowest BCUT2D eigenvalue weighted by molar-refractivity contribution is -0.126. The number of amides is 2. The van der Waals surface area contributed by atoms with Gasteiger partial charge >= 0.3 is 0 Å². The number of hydrogen-bond donors (Lipinski definition) is 1. The molecule has 1 aliphatic heterocycles. The number of aromatic nitrogens is 2. The Bertz CT molecular complexity index is 788. The molecule has 2 amide bonds. The molecule has 132 valence electrons. The third-order valence-corrected chi connectivity index (χ3v) is 5.14. The maximum absolute atomic E-state index is 12.8. The number of nitrogens with zero attached hydrogens (tertiary/aromatic N) is 3. The van der Waals surface area contributed by atoms with Crippen molar-refractivity contribution in [1.29, 1.82) is 0 Å². The lowest BCUT2D eigenvalue weighted by atomic mass is 10.1. The van der Waals surface area contributed by atoms with Crippen molar-refractivity contribution in [3.63, 3.8) is 0 Å². The molecule has 0 spiro atoms. The Morgan fingerprint density at radius 2 is 2.08 bits per heavy atom. The fourth-order valence-corrected chi connectivity index (χ4v) is 3.75. The molecule has 1 fully saturated rings. The van der Waals surface area contributed by atoms with Crippen molar-refractivity contribution in [2.24, 2.45) is 0 Å². The maximum atomic E-state index is 12.8. The van der Waals surface area contributed by atoms with Crippen LogP contribution in [0.25, 0.3) is 0 Å². The van der Waals surface area contributed by atoms with E-state index in [0.29, 0.717) is 18.8 Å². The van der Waals surface area contributed by atoms with Crippen LogP contribution < -0.4 is 5.32 Å². The minimum absolute atomic E-state index is 0.0643. The van der Waals surface area contributed by atoms with Crippen molar-refractivity contribution in [2.75, 3.05) is 6.54 Å². The highest BCUT2D eigenvalue weighted by molar-refractivity contribution is 5.93. The fourth-order valence-electron chi connectivity index (χ4n) is 3.75. The van der Waals surface area contributed by atoms with Crippen LogP contribution in [0.15, 0.2) is 29.0 Å². The summed E-state index contributed by atoms with van der Waals surface area (Å²) in [4.78, 5) is 27.3. The molecule has 7 nitrogen and oxygen atoms in total. The second-order valence-corrected chi connectivity index (χ2v) is 6.89. The predicted molar refractivity (Wildman–Crippen MR) is 89.8 cm³/mol. The van der Waals surface area contributed by atoms with Gasteiger partial charge in [0.25, 0.3) is 5.91 Å². The molecule has 0 saturated heterocycles. The van der Waals surface area contributed by atoms with Crippen LogP contribution in [0.4, 0.5) is 0 Å². The van der Waals surface area contributed by atoms with E-state index in [1.807, 2.05) is 13.0 Å². The van der Waals surface area contributed by atoms with Gasteiger partial charge in [0, 0.05) is 17.8 Å². The molecular formula is C18H22N4O3. The normalized spacial score (nSPS) is 20.5. The van der Waals surface area contributed by atoms with Crippen LogP contribution in [0.5, 0.6) is 0 Å². The van der Waals surface area contributed by atoms with Crippen LogP contribution in [0, 0.1) is 6.92 Å². The van der Waals surface area contributed by atoms with Gasteiger partial charge in [0.15, 0.2) is 5.76 Å². The van der Waals surface area contributed by atoms with E-state index >= 15 is 0 Å². The van der Waals surface area contributed by atoms with E-state index in [1.165, 1.54) is 6.26 Å². The van der Waals surface area contributed by atoms with Crippen LogP contribution in [-0.2, 0) is 11.3 Å². The summed E-state index contributed by atoms with van der Waals surface area (Å²) in [6.07, 6.45) is 7.56. The summed E-state index contributed by atoms with van der Waals surface area (Å²) in [6, 6.07) is 3.36. The Morgan fingerprint density at radius 3 is 2.80 bits per heavy atom. The molecule has 2 aromatic rings. The number of aryl methyl sites for hydroxylation is 1. The van der Waals surface area contributed by atoms with Gasteiger partial charge in [-0.05, 0) is 31.9 Å². The third kappa shape index (κ3) is 2.94. The Hall–Kier alpha value is -2.57. The standard InChI is InChI=1S/C18H22N4O3/c1-12-7-9-25-16(12)18(24)21-10-14-6-8-19-22(14)15(11-21)17(23)20-13-4-2-3-5-13/h6-9,13,15H,2-5,10-11H2,1H3,(H,20,23)/t15-/m0/s1. The highest BCUT2D eigenvalue weighted by Gasteiger charge is 2.35. The zero-order chi connectivity index (χ0) is 17.4. The summed E-state index contributed by atoms with van der Waals surface area (Å²) in [5.41, 5.74) is 1.66. The molecule has 1 aliphatic carbocycles. The fraction of sp³-hybridized carbons (Fsp3) is 0.500. The molecule has 3 heterocycles. The minimum Gasteiger partial charge on any atom is -0.459 e. The van der Waals surface area contributed by atoms with Crippen LogP contribution in [0.2, 0.25) is 0 Å². The second-order valence-electron chi connectivity index (χ2n) is 6.89. The highest BCUT2D eigenvalue weighted by atomic mass is 16.3. The quantitative estimate of drug-likeness (QED) is 0.926. The van der Waals surface area contributed by atoms with Gasteiger partial charge in [-0.3, -0.25) is 14.3 Å². The van der Waals surface area contributed by atoms with Gasteiger partial charge in [0.1, 0.15) is 6.04 Å². The van der Waals surface area contributed by atoms with E-state index < -0.39 is 6.04 Å². The van der Waals surface area contributed by atoms with Crippen molar-refractivity contribution in [3.8, 4) is 0 Å². The summed E-state index contributed by atoms with van der Waals surface area (Å²) < 4.78 is 7.08. The summed E-state index contributed by atoms with van der Waals surface area (Å²) in [5, 5.41) is 7.43. The highest BCUT2D eigenvalue weighted by Crippen LogP contribution is 2.25. The van der Waals surface area contributed by atoms with Crippen LogP contribution in [0.3, 0.4) is 0 Å². The number of fused-ring (bicyclic) bond motifs is 1. The first kappa shape index (κ1) is 15.9. The first-order valence-electron chi connectivity index (χ1n) is 8.79. The van der Waals surface area contributed by atoms with Crippen molar-refractivity contribution < 1.29 is 14.0 Å². The van der Waals surface area contributed by atoms with E-state index in [-0.39, 0.29) is 17.9 Å². The molecule has 7 heteroatoms. The molecule has 0 bridgehead atoms. The molecule has 1 N–H and O–H groups in total. The molecule has 0 unspecified atom stereocenters. The largest absolute Gasteiger partial charge is 0.459 e. The number of carbonyl (C=O) groups is 2. The van der Waals surface area contributed by atoms with E-state index in [4.69, 9.17) is 4.42 Å². The Morgan fingerprint density at radius 1 is 1.28 bits per heavy atom. The van der Waals surface area contributed by atoms with Gasteiger partial charge in [-0.2, -0.15) is 5.10 Å². The lowest BCUT2D eigenvalue weighted by Gasteiger charge is -2.33. The lowest BCUT2D eigenvalue weighted by Crippen LogP contribution is -2.48. The summed E-state index contributed by atoms with van der Waals surface area (Å²) in [5.74, 6) is 0.0852. The minimum atomic E-state index is -0.501. The number of rotatable bonds is 3. The van der Waals surface area contributed by atoms with Crippen molar-refractivity contribution >= 4 is 11.8 Å². The average molecular weight is 342 g/mol. The average Bonchev–Trinajstić information content (AvgIpc) is 3.34. The number of nitrogens with one attached hydrogen (secondary N) is 1. The topological polar surface area (TPSA) is 80.4 Å². The number of carbonyl (C=O) groups excluding carboxylic acids is 2. The zero-order valence-corrected chi connectivity index (χ0v) is 14.3. The Labute approximate surface area is 146 Å². The second kappa shape index (κ2) is 6.38. The monoisotopic (exact) mass is 342 g/mol. The molecule has 0 radical (unpaired) electrons. The molecule has 4 rings (SSSR count). The summed E-state index contributed by atoms with van der Waals surface area (Å²) in [6.45, 7) is 2.56. The number of furan rings is 1. The van der Waals surface area contributed by atoms with Crippen molar-refractivity contribution in [1.82, 2.24) is 20.0 Å². The molecule has 2 aromatic heterocycles. The third-order valence-electron chi connectivity index (χ3n) is 5.14. The van der Waals surface area contributed by atoms with E-state index in [9.17, 15) is 9.59 Å². The molecule has 0 aromatic carbocycles. The Kier molecular flexibility index (Phi) is 4.07. The zero-order valence-electron chi connectivity index (χ0n) is 14.3. The van der Waals surface area contributed by atoms with E-state index in [2.05, 4.69) is 10.4 Å². The van der Waals surface area contributed by atoms with Gasteiger partial charge in [0.2, 0.25) is 5.91 Å².